The Kier molecular flexibility index (Phi) is 4.95. The second-order valence-electron chi connectivity index (χ2n) is 8.52. The quantitative estimate of drug-likeness (QED) is 0.848. The highest BCUT2D eigenvalue weighted by Crippen LogP contribution is 2.37. The normalized spacial score (nSPS) is 29.2. The summed E-state index contributed by atoms with van der Waals surface area (Å²) in [6.45, 7) is 5.03. The molecule has 3 aliphatic rings. The van der Waals surface area contributed by atoms with E-state index in [-0.39, 0.29) is 29.8 Å². The number of piperazine rings is 1. The van der Waals surface area contributed by atoms with E-state index in [2.05, 4.69) is 10.2 Å². The number of hydrogen-bond acceptors (Lipinski definition) is 4. The first kappa shape index (κ1) is 19.1. The number of carbonyl (C=O) groups is 2. The highest BCUT2D eigenvalue weighted by molar-refractivity contribution is 5.94. The van der Waals surface area contributed by atoms with Gasteiger partial charge in [0.2, 0.25) is 0 Å². The first-order chi connectivity index (χ1) is 14.6. The van der Waals surface area contributed by atoms with Crippen molar-refractivity contribution in [2.24, 2.45) is 0 Å². The minimum atomic E-state index is -0.501. The predicted octanol–water partition coefficient (Wildman–Crippen LogP) is 2.27. The SMILES string of the molecule is CC1c2ccccc2OC1C(=O)NCC1CN(C(=O)c2ccccc2)C2CCN1C2. The molecule has 2 bridgehead atoms. The van der Waals surface area contributed by atoms with E-state index >= 15 is 0 Å². The predicted molar refractivity (Wildman–Crippen MR) is 114 cm³/mol. The van der Waals surface area contributed by atoms with E-state index < -0.39 is 6.10 Å². The van der Waals surface area contributed by atoms with Crippen LogP contribution < -0.4 is 10.1 Å². The van der Waals surface area contributed by atoms with Crippen molar-refractivity contribution in [2.75, 3.05) is 26.2 Å². The van der Waals surface area contributed by atoms with E-state index in [1.165, 1.54) is 0 Å². The Morgan fingerprint density at radius 2 is 1.83 bits per heavy atom. The van der Waals surface area contributed by atoms with Crippen LogP contribution in [-0.4, -0.2) is 66.0 Å². The van der Waals surface area contributed by atoms with Gasteiger partial charge in [0.25, 0.3) is 11.8 Å². The lowest BCUT2D eigenvalue weighted by Crippen LogP contribution is -2.58. The Bertz CT molecular complexity index is 948. The molecule has 1 N–H and O–H groups in total. The van der Waals surface area contributed by atoms with Crippen molar-refractivity contribution in [2.45, 2.75) is 37.5 Å². The van der Waals surface area contributed by atoms with Crippen LogP contribution in [0.1, 0.15) is 35.2 Å². The molecule has 6 nitrogen and oxygen atoms in total. The van der Waals surface area contributed by atoms with Gasteiger partial charge in [-0.1, -0.05) is 43.3 Å². The Morgan fingerprint density at radius 1 is 1.07 bits per heavy atom. The number of ether oxygens (including phenoxy) is 1. The minimum absolute atomic E-state index is 0.0277. The first-order valence-electron chi connectivity index (χ1n) is 10.7. The van der Waals surface area contributed by atoms with E-state index in [1.807, 2.05) is 66.4 Å². The van der Waals surface area contributed by atoms with Gasteiger partial charge in [0.15, 0.2) is 6.10 Å². The average Bonchev–Trinajstić information content (AvgIpc) is 3.35. The maximum Gasteiger partial charge on any atom is 0.261 e. The summed E-state index contributed by atoms with van der Waals surface area (Å²) in [4.78, 5) is 30.3. The van der Waals surface area contributed by atoms with Gasteiger partial charge in [-0.15, -0.1) is 0 Å². The van der Waals surface area contributed by atoms with Crippen LogP contribution in [0.25, 0.3) is 0 Å². The third kappa shape index (κ3) is 3.35. The number of rotatable bonds is 4. The molecule has 2 fully saturated rings. The monoisotopic (exact) mass is 405 g/mol. The topological polar surface area (TPSA) is 61.9 Å². The second-order valence-corrected chi connectivity index (χ2v) is 8.52. The molecule has 5 rings (SSSR count). The molecule has 156 valence electrons. The third-order valence-corrected chi connectivity index (χ3v) is 6.73. The molecule has 3 heterocycles. The van der Waals surface area contributed by atoms with Gasteiger partial charge in [-0.05, 0) is 24.6 Å². The van der Waals surface area contributed by atoms with E-state index in [9.17, 15) is 9.59 Å². The molecule has 2 aromatic carbocycles. The summed E-state index contributed by atoms with van der Waals surface area (Å²) < 4.78 is 5.91. The lowest BCUT2D eigenvalue weighted by atomic mass is 9.97. The molecule has 2 aromatic rings. The Labute approximate surface area is 176 Å². The fraction of sp³-hybridized carbons (Fsp3) is 0.417. The lowest BCUT2D eigenvalue weighted by Gasteiger charge is -2.40. The van der Waals surface area contributed by atoms with Crippen LogP contribution in [0.5, 0.6) is 5.75 Å². The molecular formula is C24H27N3O3. The van der Waals surface area contributed by atoms with Gasteiger partial charge in [0, 0.05) is 55.3 Å². The molecule has 0 saturated carbocycles. The first-order valence-corrected chi connectivity index (χ1v) is 10.7. The summed E-state index contributed by atoms with van der Waals surface area (Å²) in [6.07, 6.45) is 0.487. The highest BCUT2D eigenvalue weighted by atomic mass is 16.5. The van der Waals surface area contributed by atoms with Crippen LogP contribution in [0.4, 0.5) is 0 Å². The third-order valence-electron chi connectivity index (χ3n) is 6.73. The molecule has 0 radical (unpaired) electrons. The van der Waals surface area contributed by atoms with Crippen LogP contribution in [-0.2, 0) is 4.79 Å². The van der Waals surface area contributed by atoms with Crippen LogP contribution in [0.15, 0.2) is 54.6 Å². The van der Waals surface area contributed by atoms with Crippen LogP contribution in [0.2, 0.25) is 0 Å². The van der Waals surface area contributed by atoms with Crippen molar-refractivity contribution < 1.29 is 14.3 Å². The van der Waals surface area contributed by atoms with Gasteiger partial charge in [0.1, 0.15) is 5.75 Å². The molecule has 6 heteroatoms. The number of benzene rings is 2. The molecule has 30 heavy (non-hydrogen) atoms. The Balaban J connectivity index is 1.23. The van der Waals surface area contributed by atoms with Crippen molar-refractivity contribution in [1.82, 2.24) is 15.1 Å². The summed E-state index contributed by atoms with van der Waals surface area (Å²) >= 11 is 0. The van der Waals surface area contributed by atoms with Crippen molar-refractivity contribution in [3.8, 4) is 5.75 Å². The number of hydrogen-bond donors (Lipinski definition) is 1. The van der Waals surface area contributed by atoms with Gasteiger partial charge in [-0.3, -0.25) is 14.5 Å². The van der Waals surface area contributed by atoms with Gasteiger partial charge < -0.3 is 15.0 Å². The molecule has 3 aliphatic heterocycles. The van der Waals surface area contributed by atoms with E-state index in [4.69, 9.17) is 4.74 Å². The number of nitrogens with zero attached hydrogens (tertiary/aromatic N) is 2. The average molecular weight is 405 g/mol. The molecule has 0 aromatic heterocycles. The van der Waals surface area contributed by atoms with Gasteiger partial charge in [-0.25, -0.2) is 0 Å². The lowest BCUT2D eigenvalue weighted by molar-refractivity contribution is -0.128. The number of carbonyl (C=O) groups excluding carboxylic acids is 2. The summed E-state index contributed by atoms with van der Waals surface area (Å²) in [5.41, 5.74) is 1.81. The fourth-order valence-electron chi connectivity index (χ4n) is 5.00. The molecule has 0 aliphatic carbocycles. The van der Waals surface area contributed by atoms with Crippen molar-refractivity contribution in [1.29, 1.82) is 0 Å². The highest BCUT2D eigenvalue weighted by Gasteiger charge is 2.42. The van der Waals surface area contributed by atoms with Gasteiger partial charge in [-0.2, -0.15) is 0 Å². The number of fused-ring (bicyclic) bond motifs is 3. The van der Waals surface area contributed by atoms with Crippen molar-refractivity contribution >= 4 is 11.8 Å². The van der Waals surface area contributed by atoms with E-state index in [0.29, 0.717) is 13.1 Å². The zero-order valence-corrected chi connectivity index (χ0v) is 17.2. The zero-order valence-electron chi connectivity index (χ0n) is 17.2. The number of amides is 2. The molecule has 0 spiro atoms. The standard InChI is InChI=1S/C24H27N3O3/c1-16-20-9-5-6-10-21(20)30-22(16)23(28)25-13-19-15-27(18-11-12-26(19)14-18)24(29)17-7-3-2-4-8-17/h2-10,16,18-19,22H,11-15H2,1H3,(H,25,28). The van der Waals surface area contributed by atoms with Crippen LogP contribution >= 0.6 is 0 Å². The summed E-state index contributed by atoms with van der Waals surface area (Å²) in [6, 6.07) is 17.7. The minimum Gasteiger partial charge on any atom is -0.480 e. The zero-order chi connectivity index (χ0) is 20.7. The fourth-order valence-corrected chi connectivity index (χ4v) is 5.00. The van der Waals surface area contributed by atoms with Gasteiger partial charge >= 0.3 is 0 Å². The van der Waals surface area contributed by atoms with Crippen LogP contribution in [0, 0.1) is 0 Å². The Hall–Kier alpha value is -2.86. The Morgan fingerprint density at radius 3 is 2.63 bits per heavy atom. The number of nitrogens with one attached hydrogen (secondary N) is 1. The molecule has 5 unspecified atom stereocenters. The summed E-state index contributed by atoms with van der Waals surface area (Å²) in [5, 5.41) is 3.10. The smallest absolute Gasteiger partial charge is 0.261 e. The molecule has 2 amide bonds. The van der Waals surface area contributed by atoms with Gasteiger partial charge in [0.05, 0.1) is 0 Å². The van der Waals surface area contributed by atoms with Crippen LogP contribution in [0.3, 0.4) is 0 Å². The molecule has 5 atom stereocenters. The van der Waals surface area contributed by atoms with Crippen molar-refractivity contribution in [3.63, 3.8) is 0 Å². The largest absolute Gasteiger partial charge is 0.480 e. The summed E-state index contributed by atoms with van der Waals surface area (Å²) in [5.74, 6) is 0.826. The maximum atomic E-state index is 13.0. The van der Waals surface area contributed by atoms with E-state index in [1.54, 1.807) is 0 Å². The summed E-state index contributed by atoms with van der Waals surface area (Å²) in [7, 11) is 0. The maximum absolute atomic E-state index is 13.0. The number of para-hydroxylation sites is 1. The molecule has 2 saturated heterocycles. The second kappa shape index (κ2) is 7.76. The molecular weight excluding hydrogens is 378 g/mol. The van der Waals surface area contributed by atoms with E-state index in [0.717, 1.165) is 36.4 Å². The van der Waals surface area contributed by atoms with Crippen molar-refractivity contribution in [3.05, 3.63) is 65.7 Å².